The van der Waals surface area contributed by atoms with Crippen molar-refractivity contribution in [2.45, 2.75) is 65.9 Å². The van der Waals surface area contributed by atoms with Gasteiger partial charge in [0.2, 0.25) is 0 Å². The summed E-state index contributed by atoms with van der Waals surface area (Å²) < 4.78 is 6.08. The van der Waals surface area contributed by atoms with Crippen LogP contribution in [0, 0.1) is 17.3 Å². The highest BCUT2D eigenvalue weighted by Crippen LogP contribution is 2.42. The summed E-state index contributed by atoms with van der Waals surface area (Å²) in [5, 5.41) is 8.77. The molecular formula is C15H30O2. The van der Waals surface area contributed by atoms with E-state index >= 15 is 0 Å². The Morgan fingerprint density at radius 3 is 2.59 bits per heavy atom. The maximum Gasteiger partial charge on any atom is 0.0610 e. The second-order valence-corrected chi connectivity index (χ2v) is 6.65. The molecule has 0 saturated heterocycles. The molecule has 2 atom stereocenters. The fourth-order valence-electron chi connectivity index (χ4n) is 2.94. The molecule has 2 nitrogen and oxygen atoms in total. The molecule has 1 saturated carbocycles. The molecule has 0 aromatic rings. The fraction of sp³-hybridized carbons (Fsp3) is 1.00. The minimum absolute atomic E-state index is 0.285. The molecule has 2 heteroatoms. The summed E-state index contributed by atoms with van der Waals surface area (Å²) in [5.74, 6) is 1.44. The Kier molecular flexibility index (Phi) is 5.94. The highest BCUT2D eigenvalue weighted by molar-refractivity contribution is 4.87. The minimum atomic E-state index is 0.285. The van der Waals surface area contributed by atoms with E-state index < -0.39 is 0 Å². The zero-order valence-electron chi connectivity index (χ0n) is 12.0. The fourth-order valence-corrected chi connectivity index (χ4v) is 2.94. The number of rotatable bonds is 6. The first-order chi connectivity index (χ1) is 7.96. The van der Waals surface area contributed by atoms with Gasteiger partial charge in [0.25, 0.3) is 0 Å². The lowest BCUT2D eigenvalue weighted by molar-refractivity contribution is -0.0591. The van der Waals surface area contributed by atoms with E-state index in [0.29, 0.717) is 17.4 Å². The second kappa shape index (κ2) is 6.75. The molecule has 0 radical (unpaired) electrons. The van der Waals surface area contributed by atoms with Crippen LogP contribution in [0.15, 0.2) is 0 Å². The average molecular weight is 242 g/mol. The van der Waals surface area contributed by atoms with Crippen LogP contribution in [0.4, 0.5) is 0 Å². The lowest BCUT2D eigenvalue weighted by atomic mass is 9.68. The van der Waals surface area contributed by atoms with Gasteiger partial charge in [-0.3, -0.25) is 0 Å². The molecule has 0 aliphatic heterocycles. The Bertz CT molecular complexity index is 211. The first-order valence-electron chi connectivity index (χ1n) is 7.19. The third-order valence-electron chi connectivity index (χ3n) is 4.13. The van der Waals surface area contributed by atoms with Crippen LogP contribution < -0.4 is 0 Å². The summed E-state index contributed by atoms with van der Waals surface area (Å²) in [6, 6.07) is 0. The normalized spacial score (nSPS) is 28.6. The number of unbranched alkanes of at least 4 members (excludes halogenated alkanes) is 1. The van der Waals surface area contributed by atoms with Crippen molar-refractivity contribution in [2.75, 3.05) is 13.2 Å². The molecule has 102 valence electrons. The van der Waals surface area contributed by atoms with Gasteiger partial charge in [0, 0.05) is 13.2 Å². The largest absolute Gasteiger partial charge is 0.396 e. The van der Waals surface area contributed by atoms with Crippen LogP contribution in [0.1, 0.15) is 59.8 Å². The molecule has 0 aromatic carbocycles. The summed E-state index contributed by atoms with van der Waals surface area (Å²) >= 11 is 0. The highest BCUT2D eigenvalue weighted by Gasteiger charge is 2.36. The van der Waals surface area contributed by atoms with Crippen LogP contribution in [-0.4, -0.2) is 24.4 Å². The predicted octanol–water partition coefficient (Wildman–Crippen LogP) is 3.63. The first-order valence-corrected chi connectivity index (χ1v) is 7.19. The molecule has 0 amide bonds. The van der Waals surface area contributed by atoms with Gasteiger partial charge < -0.3 is 9.84 Å². The maximum absolute atomic E-state index is 8.77. The van der Waals surface area contributed by atoms with E-state index in [2.05, 4.69) is 27.7 Å². The molecule has 0 aromatic heterocycles. The van der Waals surface area contributed by atoms with Crippen LogP contribution in [0.2, 0.25) is 0 Å². The monoisotopic (exact) mass is 242 g/mol. The van der Waals surface area contributed by atoms with Crippen LogP contribution in [0.25, 0.3) is 0 Å². The molecule has 1 fully saturated rings. The topological polar surface area (TPSA) is 29.5 Å². The van der Waals surface area contributed by atoms with Crippen molar-refractivity contribution >= 4 is 0 Å². The molecule has 1 aliphatic rings. The summed E-state index contributed by atoms with van der Waals surface area (Å²) in [6.07, 6.45) is 6.09. The Morgan fingerprint density at radius 1 is 1.29 bits per heavy atom. The van der Waals surface area contributed by atoms with E-state index in [9.17, 15) is 0 Å². The standard InChI is InChI=1S/C15H30O2/c1-12(2)13-7-8-15(3,4)11-14(13)17-10-6-5-9-16/h12-14,16H,5-11H2,1-4H3. The first kappa shape index (κ1) is 15.0. The second-order valence-electron chi connectivity index (χ2n) is 6.65. The maximum atomic E-state index is 8.77. The van der Waals surface area contributed by atoms with E-state index in [-0.39, 0.29) is 6.61 Å². The molecule has 2 unspecified atom stereocenters. The van der Waals surface area contributed by atoms with Crippen molar-refractivity contribution in [1.82, 2.24) is 0 Å². The SMILES string of the molecule is CC(C)C1CCC(C)(C)CC1OCCCCO. The third-order valence-corrected chi connectivity index (χ3v) is 4.13. The quantitative estimate of drug-likeness (QED) is 0.721. The van der Waals surface area contributed by atoms with E-state index in [1.54, 1.807) is 0 Å². The summed E-state index contributed by atoms with van der Waals surface area (Å²) in [5.41, 5.74) is 0.438. The van der Waals surface area contributed by atoms with Crippen molar-refractivity contribution in [3.05, 3.63) is 0 Å². The number of hydrogen-bond acceptors (Lipinski definition) is 2. The van der Waals surface area contributed by atoms with Crippen LogP contribution in [0.5, 0.6) is 0 Å². The molecule has 1 N–H and O–H groups in total. The van der Waals surface area contributed by atoms with Crippen molar-refractivity contribution in [3.63, 3.8) is 0 Å². The molecule has 0 bridgehead atoms. The van der Waals surface area contributed by atoms with Crippen LogP contribution in [0.3, 0.4) is 0 Å². The zero-order chi connectivity index (χ0) is 12.9. The van der Waals surface area contributed by atoms with Gasteiger partial charge in [0.15, 0.2) is 0 Å². The molecule has 0 heterocycles. The average Bonchev–Trinajstić information content (AvgIpc) is 2.23. The smallest absolute Gasteiger partial charge is 0.0610 e. The Hall–Kier alpha value is -0.0800. The van der Waals surface area contributed by atoms with Gasteiger partial charge in [0.05, 0.1) is 6.10 Å². The molecule has 1 rings (SSSR count). The van der Waals surface area contributed by atoms with E-state index in [0.717, 1.165) is 25.4 Å². The van der Waals surface area contributed by atoms with Crippen molar-refractivity contribution in [2.24, 2.45) is 17.3 Å². The van der Waals surface area contributed by atoms with Crippen LogP contribution in [-0.2, 0) is 4.74 Å². The number of hydrogen-bond donors (Lipinski definition) is 1. The number of aliphatic hydroxyl groups is 1. The molecule has 1 aliphatic carbocycles. The lowest BCUT2D eigenvalue weighted by Crippen LogP contribution is -2.38. The summed E-state index contributed by atoms with van der Waals surface area (Å²) in [7, 11) is 0. The number of aliphatic hydroxyl groups excluding tert-OH is 1. The van der Waals surface area contributed by atoms with E-state index in [4.69, 9.17) is 9.84 Å². The van der Waals surface area contributed by atoms with Crippen molar-refractivity contribution < 1.29 is 9.84 Å². The lowest BCUT2D eigenvalue weighted by Gasteiger charge is -2.42. The summed E-state index contributed by atoms with van der Waals surface area (Å²) in [4.78, 5) is 0. The predicted molar refractivity (Wildman–Crippen MR) is 72.0 cm³/mol. The molecule has 0 spiro atoms. The third kappa shape index (κ3) is 4.97. The zero-order valence-corrected chi connectivity index (χ0v) is 12.0. The van der Waals surface area contributed by atoms with Crippen molar-refractivity contribution in [1.29, 1.82) is 0 Å². The van der Waals surface area contributed by atoms with E-state index in [1.165, 1.54) is 19.3 Å². The highest BCUT2D eigenvalue weighted by atomic mass is 16.5. The van der Waals surface area contributed by atoms with Gasteiger partial charge in [-0.05, 0) is 49.4 Å². The Morgan fingerprint density at radius 2 is 2.00 bits per heavy atom. The minimum Gasteiger partial charge on any atom is -0.396 e. The molecule has 17 heavy (non-hydrogen) atoms. The van der Waals surface area contributed by atoms with Crippen molar-refractivity contribution in [3.8, 4) is 0 Å². The number of ether oxygens (including phenoxy) is 1. The van der Waals surface area contributed by atoms with Gasteiger partial charge in [-0.2, -0.15) is 0 Å². The van der Waals surface area contributed by atoms with E-state index in [1.807, 2.05) is 0 Å². The van der Waals surface area contributed by atoms with Gasteiger partial charge in [-0.25, -0.2) is 0 Å². The van der Waals surface area contributed by atoms with Gasteiger partial charge >= 0.3 is 0 Å². The Labute approximate surface area is 107 Å². The van der Waals surface area contributed by atoms with Gasteiger partial charge in [-0.1, -0.05) is 27.7 Å². The Balaban J connectivity index is 2.44. The molecular weight excluding hydrogens is 212 g/mol. The van der Waals surface area contributed by atoms with Crippen LogP contribution >= 0.6 is 0 Å². The van der Waals surface area contributed by atoms with Gasteiger partial charge in [0.1, 0.15) is 0 Å². The summed E-state index contributed by atoms with van der Waals surface area (Å²) in [6.45, 7) is 10.4. The van der Waals surface area contributed by atoms with Gasteiger partial charge in [-0.15, -0.1) is 0 Å².